The number of ether oxygens (including phenoxy) is 1. The minimum absolute atomic E-state index is 0.0795. The molecule has 64 heavy (non-hydrogen) atoms. The molecule has 0 saturated carbocycles. The highest BCUT2D eigenvalue weighted by Crippen LogP contribution is 2.19. The van der Waals surface area contributed by atoms with E-state index >= 15 is 0 Å². The van der Waals surface area contributed by atoms with Crippen LogP contribution in [0.5, 0.6) is 0 Å². The van der Waals surface area contributed by atoms with E-state index in [0.717, 1.165) is 57.8 Å². The highest BCUT2D eigenvalue weighted by atomic mass is 16.5. The van der Waals surface area contributed by atoms with Gasteiger partial charge >= 0.3 is 5.97 Å². The zero-order valence-corrected chi connectivity index (χ0v) is 43.4. The molecular weight excluding hydrogens is 791 g/mol. The van der Waals surface area contributed by atoms with Gasteiger partial charge < -0.3 is 20.3 Å². The fraction of sp³-hybridized carbons (Fsp3) is 0.931. The van der Waals surface area contributed by atoms with Crippen LogP contribution in [0.1, 0.15) is 323 Å². The molecule has 3 N–H and O–H groups in total. The lowest BCUT2D eigenvalue weighted by atomic mass is 10.0. The summed E-state index contributed by atoms with van der Waals surface area (Å²) < 4.78 is 5.96. The first-order valence-corrected chi connectivity index (χ1v) is 28.9. The molecule has 0 aromatic carbocycles. The van der Waals surface area contributed by atoms with E-state index in [1.54, 1.807) is 0 Å². The fourth-order valence-electron chi connectivity index (χ4n) is 9.19. The Labute approximate surface area is 399 Å². The van der Waals surface area contributed by atoms with E-state index in [1.807, 2.05) is 0 Å². The molecule has 0 aliphatic heterocycles. The Kier molecular flexibility index (Phi) is 51.4. The molecule has 6 nitrogen and oxygen atoms in total. The first kappa shape index (κ1) is 62.6. The Morgan fingerprint density at radius 3 is 1.11 bits per heavy atom. The third-order valence-corrected chi connectivity index (χ3v) is 13.6. The summed E-state index contributed by atoms with van der Waals surface area (Å²) in [5, 5.41) is 23.8. The summed E-state index contributed by atoms with van der Waals surface area (Å²) in [6.45, 7) is 6.52. The number of unbranched alkanes of at least 4 members (excludes halogenated alkanes) is 39. The lowest BCUT2D eigenvalue weighted by Crippen LogP contribution is -2.46. The van der Waals surface area contributed by atoms with Gasteiger partial charge in [-0.25, -0.2) is 0 Å². The normalized spacial score (nSPS) is 13.1. The van der Waals surface area contributed by atoms with Crippen LogP contribution in [-0.4, -0.2) is 46.9 Å². The molecule has 0 fully saturated rings. The fourth-order valence-corrected chi connectivity index (χ4v) is 9.19. The third-order valence-electron chi connectivity index (χ3n) is 13.6. The van der Waals surface area contributed by atoms with E-state index in [9.17, 15) is 19.8 Å². The summed E-state index contributed by atoms with van der Waals surface area (Å²) in [4.78, 5) is 26.3. The van der Waals surface area contributed by atoms with Crippen molar-refractivity contribution in [2.45, 2.75) is 341 Å². The molecular formula is C58H113NO5. The number of aliphatic hydroxyl groups is 2. The van der Waals surface area contributed by atoms with E-state index in [4.69, 9.17) is 4.74 Å². The van der Waals surface area contributed by atoms with Gasteiger partial charge in [0.1, 0.15) is 6.10 Å². The Morgan fingerprint density at radius 2 is 0.750 bits per heavy atom. The molecule has 380 valence electrons. The van der Waals surface area contributed by atoms with Gasteiger partial charge in [-0.2, -0.15) is 0 Å². The molecule has 0 spiro atoms. The smallest absolute Gasteiger partial charge is 0.306 e. The lowest BCUT2D eigenvalue weighted by Gasteiger charge is -2.24. The first-order valence-electron chi connectivity index (χ1n) is 28.9. The summed E-state index contributed by atoms with van der Waals surface area (Å²) in [5.41, 5.74) is 0. The van der Waals surface area contributed by atoms with Gasteiger partial charge in [-0.1, -0.05) is 270 Å². The zero-order valence-electron chi connectivity index (χ0n) is 43.4. The summed E-state index contributed by atoms with van der Waals surface area (Å²) in [6.07, 6.45) is 59.9. The third kappa shape index (κ3) is 47.1. The number of aliphatic hydroxyl groups excluding tert-OH is 2. The maximum atomic E-state index is 13.2. The Hall–Kier alpha value is -1.40. The molecule has 0 aromatic rings. The van der Waals surface area contributed by atoms with Crippen molar-refractivity contribution in [1.29, 1.82) is 0 Å². The summed E-state index contributed by atoms with van der Waals surface area (Å²) in [5.74, 6) is -0.459. The molecule has 0 rings (SSSR count). The van der Waals surface area contributed by atoms with E-state index in [0.29, 0.717) is 19.3 Å². The van der Waals surface area contributed by atoms with Crippen LogP contribution in [0, 0.1) is 0 Å². The molecule has 0 radical (unpaired) electrons. The van der Waals surface area contributed by atoms with Crippen molar-refractivity contribution in [2.24, 2.45) is 0 Å². The van der Waals surface area contributed by atoms with Gasteiger partial charge in [0.25, 0.3) is 0 Å². The van der Waals surface area contributed by atoms with Crippen LogP contribution in [0.4, 0.5) is 0 Å². The molecule has 0 aliphatic rings. The molecule has 3 unspecified atom stereocenters. The number of amides is 1. The number of carbonyl (C=O) groups is 2. The van der Waals surface area contributed by atoms with Crippen molar-refractivity contribution in [2.75, 3.05) is 6.61 Å². The number of rotatable bonds is 53. The number of hydrogen-bond acceptors (Lipinski definition) is 5. The second-order valence-corrected chi connectivity index (χ2v) is 20.1. The van der Waals surface area contributed by atoms with Crippen LogP contribution in [0.2, 0.25) is 0 Å². The van der Waals surface area contributed by atoms with E-state index < -0.39 is 18.2 Å². The first-order chi connectivity index (χ1) is 31.5. The second kappa shape index (κ2) is 52.6. The number of hydrogen-bond donors (Lipinski definition) is 3. The minimum Gasteiger partial charge on any atom is -0.462 e. The van der Waals surface area contributed by atoms with Crippen molar-refractivity contribution < 1.29 is 24.5 Å². The topological polar surface area (TPSA) is 95.9 Å². The van der Waals surface area contributed by atoms with Crippen LogP contribution in [0.15, 0.2) is 12.2 Å². The predicted molar refractivity (Wildman–Crippen MR) is 278 cm³/mol. The largest absolute Gasteiger partial charge is 0.462 e. The minimum atomic E-state index is -0.784. The molecule has 6 heteroatoms. The van der Waals surface area contributed by atoms with Gasteiger partial charge in [0.15, 0.2) is 0 Å². The predicted octanol–water partition coefficient (Wildman–Crippen LogP) is 17.7. The molecule has 0 aliphatic carbocycles. The van der Waals surface area contributed by atoms with Gasteiger partial charge in [-0.15, -0.1) is 0 Å². The SMILES string of the molecule is CCCCCCCC/C=C/CCCCCCCC(CC(=O)NC(CO)C(O)CCCCCCCCCCCCCC)OC(=O)CCCCCCCCCCCCCCCCCCCC. The molecule has 0 heterocycles. The molecule has 3 atom stereocenters. The molecule has 0 aromatic heterocycles. The quantitative estimate of drug-likeness (QED) is 0.0321. The Morgan fingerprint density at radius 1 is 0.438 bits per heavy atom. The van der Waals surface area contributed by atoms with E-state index in [-0.39, 0.29) is 24.9 Å². The number of nitrogens with one attached hydrogen (secondary N) is 1. The van der Waals surface area contributed by atoms with Crippen molar-refractivity contribution in [3.8, 4) is 0 Å². The summed E-state index contributed by atoms with van der Waals surface area (Å²) >= 11 is 0. The monoisotopic (exact) mass is 904 g/mol. The van der Waals surface area contributed by atoms with Crippen molar-refractivity contribution in [3.05, 3.63) is 12.2 Å². The standard InChI is InChI=1S/C58H113NO5/c1-4-7-10-13-16-19-22-25-27-28-29-31-33-36-39-42-45-48-51-58(63)64-54(49-46-43-40-37-34-32-30-26-23-20-17-14-11-8-5-2)52-57(62)59-55(53-60)56(61)50-47-44-41-38-35-24-21-18-15-12-9-6-3/h26,30,54-56,60-61H,4-25,27-29,31-53H2,1-3H3,(H,59,62)/b30-26+. The zero-order chi connectivity index (χ0) is 46.7. The average Bonchev–Trinajstić information content (AvgIpc) is 3.29. The molecule has 0 bridgehead atoms. The van der Waals surface area contributed by atoms with E-state index in [2.05, 4.69) is 38.2 Å². The summed E-state index contributed by atoms with van der Waals surface area (Å²) in [7, 11) is 0. The van der Waals surface area contributed by atoms with E-state index in [1.165, 1.54) is 218 Å². The van der Waals surface area contributed by atoms with Gasteiger partial charge in [0.05, 0.1) is 25.2 Å². The maximum Gasteiger partial charge on any atom is 0.306 e. The van der Waals surface area contributed by atoms with Gasteiger partial charge in [-0.3, -0.25) is 9.59 Å². The van der Waals surface area contributed by atoms with Crippen LogP contribution in [-0.2, 0) is 14.3 Å². The lowest BCUT2D eigenvalue weighted by molar-refractivity contribution is -0.151. The second-order valence-electron chi connectivity index (χ2n) is 20.1. The summed E-state index contributed by atoms with van der Waals surface area (Å²) in [6, 6.07) is -0.698. The van der Waals surface area contributed by atoms with Crippen LogP contribution in [0.3, 0.4) is 0 Å². The maximum absolute atomic E-state index is 13.2. The molecule has 1 amide bonds. The highest BCUT2D eigenvalue weighted by Gasteiger charge is 2.24. The van der Waals surface area contributed by atoms with Crippen molar-refractivity contribution >= 4 is 11.9 Å². The number of esters is 1. The van der Waals surface area contributed by atoms with Crippen LogP contribution in [0.25, 0.3) is 0 Å². The van der Waals surface area contributed by atoms with Gasteiger partial charge in [-0.05, 0) is 51.4 Å². The highest BCUT2D eigenvalue weighted by molar-refractivity contribution is 5.77. The van der Waals surface area contributed by atoms with Crippen molar-refractivity contribution in [3.63, 3.8) is 0 Å². The Balaban J connectivity index is 4.50. The van der Waals surface area contributed by atoms with Gasteiger partial charge in [0, 0.05) is 6.42 Å². The molecule has 0 saturated heterocycles. The van der Waals surface area contributed by atoms with Crippen molar-refractivity contribution in [1.82, 2.24) is 5.32 Å². The van der Waals surface area contributed by atoms with Crippen LogP contribution < -0.4 is 5.32 Å². The Bertz CT molecular complexity index is 970. The number of allylic oxidation sites excluding steroid dienone is 2. The number of carbonyl (C=O) groups excluding carboxylic acids is 2. The van der Waals surface area contributed by atoms with Crippen LogP contribution >= 0.6 is 0 Å². The van der Waals surface area contributed by atoms with Gasteiger partial charge in [0.2, 0.25) is 5.91 Å². The average molecular weight is 905 g/mol.